The van der Waals surface area contributed by atoms with E-state index in [4.69, 9.17) is 19.5 Å². The van der Waals surface area contributed by atoms with Crippen LogP contribution >= 0.6 is 0 Å². The van der Waals surface area contributed by atoms with Gasteiger partial charge in [-0.2, -0.15) is 5.26 Å². The molecule has 0 radical (unpaired) electrons. The Morgan fingerprint density at radius 3 is 2.79 bits per heavy atom. The first kappa shape index (κ1) is 13.7. The lowest BCUT2D eigenvalue weighted by molar-refractivity contribution is 0.0258. The summed E-state index contributed by atoms with van der Waals surface area (Å²) in [6, 6.07) is 7.31. The summed E-state index contributed by atoms with van der Waals surface area (Å²) in [4.78, 5) is 0. The second-order valence-electron chi connectivity index (χ2n) is 4.66. The summed E-state index contributed by atoms with van der Waals surface area (Å²) in [5.74, 6) is 1.29. The minimum Gasteiger partial charge on any atom is -0.490 e. The Kier molecular flexibility index (Phi) is 4.64. The van der Waals surface area contributed by atoms with Crippen molar-refractivity contribution in [2.45, 2.75) is 38.9 Å². The van der Waals surface area contributed by atoms with Gasteiger partial charge in [-0.1, -0.05) is 0 Å². The molecule has 4 heteroatoms. The van der Waals surface area contributed by atoms with E-state index in [1.165, 1.54) is 0 Å². The average Bonchev–Trinajstić information content (AvgIpc) is 2.83. The van der Waals surface area contributed by atoms with Gasteiger partial charge < -0.3 is 14.2 Å². The first-order chi connectivity index (χ1) is 9.22. The predicted molar refractivity (Wildman–Crippen MR) is 71.4 cm³/mol. The third-order valence-corrected chi connectivity index (χ3v) is 3.12. The highest BCUT2D eigenvalue weighted by atomic mass is 16.6. The second kappa shape index (κ2) is 6.44. The average molecular weight is 261 g/mol. The number of benzene rings is 1. The van der Waals surface area contributed by atoms with Crippen molar-refractivity contribution in [3.63, 3.8) is 0 Å². The Morgan fingerprint density at radius 2 is 2.16 bits per heavy atom. The third kappa shape index (κ3) is 3.62. The fourth-order valence-electron chi connectivity index (χ4n) is 2.16. The van der Waals surface area contributed by atoms with E-state index >= 15 is 0 Å². The second-order valence-corrected chi connectivity index (χ2v) is 4.66. The number of nitrogens with zero attached hydrogens (tertiary/aromatic N) is 1. The SMILES string of the molecule is CCOc1cc(C#N)ccc1OCC1CCC(C)O1. The number of hydrogen-bond donors (Lipinski definition) is 0. The standard InChI is InChI=1S/C15H19NO3/c1-3-17-15-8-12(9-16)5-7-14(15)18-10-13-6-4-11(2)19-13/h5,7-8,11,13H,3-4,6,10H2,1-2H3. The van der Waals surface area contributed by atoms with Gasteiger partial charge in [0.1, 0.15) is 6.61 Å². The van der Waals surface area contributed by atoms with Crippen molar-refractivity contribution in [2.24, 2.45) is 0 Å². The van der Waals surface area contributed by atoms with Crippen molar-refractivity contribution in [2.75, 3.05) is 13.2 Å². The summed E-state index contributed by atoms with van der Waals surface area (Å²) in [5, 5.41) is 8.89. The van der Waals surface area contributed by atoms with Crippen molar-refractivity contribution in [1.82, 2.24) is 0 Å². The number of hydrogen-bond acceptors (Lipinski definition) is 4. The molecule has 1 aliphatic heterocycles. The van der Waals surface area contributed by atoms with E-state index < -0.39 is 0 Å². The zero-order valence-electron chi connectivity index (χ0n) is 11.4. The summed E-state index contributed by atoms with van der Waals surface area (Å²) in [7, 11) is 0. The van der Waals surface area contributed by atoms with Gasteiger partial charge in [-0.3, -0.25) is 0 Å². The van der Waals surface area contributed by atoms with Gasteiger partial charge in [0, 0.05) is 6.07 Å². The molecule has 1 heterocycles. The Balaban J connectivity index is 2.00. The Labute approximate surface area is 113 Å². The maximum absolute atomic E-state index is 8.89. The quantitative estimate of drug-likeness (QED) is 0.817. The molecule has 0 bridgehead atoms. The van der Waals surface area contributed by atoms with Crippen LogP contribution in [0.1, 0.15) is 32.3 Å². The number of ether oxygens (including phenoxy) is 3. The first-order valence-corrected chi connectivity index (χ1v) is 6.68. The zero-order valence-corrected chi connectivity index (χ0v) is 11.4. The highest BCUT2D eigenvalue weighted by Gasteiger charge is 2.22. The van der Waals surface area contributed by atoms with Crippen LogP contribution in [0.4, 0.5) is 0 Å². The van der Waals surface area contributed by atoms with Gasteiger partial charge in [-0.25, -0.2) is 0 Å². The lowest BCUT2D eigenvalue weighted by Crippen LogP contribution is -2.18. The van der Waals surface area contributed by atoms with Crippen LogP contribution in [0.3, 0.4) is 0 Å². The van der Waals surface area contributed by atoms with Crippen LogP contribution in [-0.2, 0) is 4.74 Å². The van der Waals surface area contributed by atoms with E-state index in [0.29, 0.717) is 36.4 Å². The van der Waals surface area contributed by atoms with Gasteiger partial charge in [0.05, 0.1) is 30.4 Å². The van der Waals surface area contributed by atoms with Crippen molar-refractivity contribution >= 4 is 0 Å². The number of rotatable bonds is 5. The van der Waals surface area contributed by atoms with Crippen molar-refractivity contribution in [3.05, 3.63) is 23.8 Å². The summed E-state index contributed by atoms with van der Waals surface area (Å²) >= 11 is 0. The molecule has 1 aliphatic rings. The molecule has 0 N–H and O–H groups in total. The summed E-state index contributed by atoms with van der Waals surface area (Å²) in [5.41, 5.74) is 0.571. The van der Waals surface area contributed by atoms with Gasteiger partial charge in [0.2, 0.25) is 0 Å². The largest absolute Gasteiger partial charge is 0.490 e. The van der Waals surface area contributed by atoms with Crippen LogP contribution in [0.15, 0.2) is 18.2 Å². The van der Waals surface area contributed by atoms with Gasteiger partial charge in [0.25, 0.3) is 0 Å². The first-order valence-electron chi connectivity index (χ1n) is 6.68. The molecule has 0 aliphatic carbocycles. The van der Waals surface area contributed by atoms with Crippen molar-refractivity contribution in [3.8, 4) is 17.6 Å². The maximum atomic E-state index is 8.89. The monoisotopic (exact) mass is 261 g/mol. The van der Waals surface area contributed by atoms with Crippen LogP contribution < -0.4 is 9.47 Å². The predicted octanol–water partition coefficient (Wildman–Crippen LogP) is 2.90. The number of nitriles is 1. The molecule has 0 saturated carbocycles. The van der Waals surface area contributed by atoms with E-state index in [1.807, 2.05) is 6.92 Å². The minimum absolute atomic E-state index is 0.153. The molecule has 19 heavy (non-hydrogen) atoms. The molecule has 4 nitrogen and oxygen atoms in total. The minimum atomic E-state index is 0.153. The maximum Gasteiger partial charge on any atom is 0.162 e. The van der Waals surface area contributed by atoms with Gasteiger partial charge in [-0.05, 0) is 38.8 Å². The van der Waals surface area contributed by atoms with Crippen LogP contribution in [0.2, 0.25) is 0 Å². The smallest absolute Gasteiger partial charge is 0.162 e. The van der Waals surface area contributed by atoms with Gasteiger partial charge in [0.15, 0.2) is 11.5 Å². The molecule has 2 rings (SSSR count). The summed E-state index contributed by atoms with van der Waals surface area (Å²) in [6.07, 6.45) is 2.59. The molecular weight excluding hydrogens is 242 g/mol. The van der Waals surface area contributed by atoms with E-state index in [-0.39, 0.29) is 6.10 Å². The molecular formula is C15H19NO3. The molecule has 1 saturated heterocycles. The van der Waals surface area contributed by atoms with Crippen molar-refractivity contribution < 1.29 is 14.2 Å². The van der Waals surface area contributed by atoms with Crippen LogP contribution in [0, 0.1) is 11.3 Å². The van der Waals surface area contributed by atoms with Crippen molar-refractivity contribution in [1.29, 1.82) is 5.26 Å². The fraction of sp³-hybridized carbons (Fsp3) is 0.533. The topological polar surface area (TPSA) is 51.5 Å². The molecule has 1 aromatic carbocycles. The zero-order chi connectivity index (χ0) is 13.7. The highest BCUT2D eigenvalue weighted by Crippen LogP contribution is 2.29. The molecule has 102 valence electrons. The van der Waals surface area contributed by atoms with E-state index in [0.717, 1.165) is 12.8 Å². The molecule has 0 aromatic heterocycles. The van der Waals surface area contributed by atoms with Crippen LogP contribution in [-0.4, -0.2) is 25.4 Å². The molecule has 1 aromatic rings. The summed E-state index contributed by atoms with van der Waals surface area (Å²) < 4.78 is 17.0. The van der Waals surface area contributed by atoms with Gasteiger partial charge >= 0.3 is 0 Å². The van der Waals surface area contributed by atoms with Gasteiger partial charge in [-0.15, -0.1) is 0 Å². The third-order valence-electron chi connectivity index (χ3n) is 3.12. The molecule has 0 spiro atoms. The van der Waals surface area contributed by atoms with E-state index in [1.54, 1.807) is 18.2 Å². The van der Waals surface area contributed by atoms with E-state index in [2.05, 4.69) is 13.0 Å². The molecule has 2 atom stereocenters. The summed E-state index contributed by atoms with van der Waals surface area (Å²) in [6.45, 7) is 5.05. The Bertz CT molecular complexity index is 467. The van der Waals surface area contributed by atoms with E-state index in [9.17, 15) is 0 Å². The van der Waals surface area contributed by atoms with Crippen LogP contribution in [0.5, 0.6) is 11.5 Å². The highest BCUT2D eigenvalue weighted by molar-refractivity contribution is 5.46. The lowest BCUT2D eigenvalue weighted by atomic mass is 10.2. The molecule has 2 unspecified atom stereocenters. The lowest BCUT2D eigenvalue weighted by Gasteiger charge is -2.15. The molecule has 0 amide bonds. The van der Waals surface area contributed by atoms with Crippen LogP contribution in [0.25, 0.3) is 0 Å². The fourth-order valence-corrected chi connectivity index (χ4v) is 2.16. The Hall–Kier alpha value is -1.73. The molecule has 1 fully saturated rings. The normalized spacial score (nSPS) is 21.9. The Morgan fingerprint density at radius 1 is 1.32 bits per heavy atom.